The molecule has 3 heterocycles. The molecule has 4 aromatic rings. The van der Waals surface area contributed by atoms with Crippen LogP contribution in [0.15, 0.2) is 41.5 Å². The Kier molecular flexibility index (Phi) is 2.84. The van der Waals surface area contributed by atoms with E-state index in [0.717, 1.165) is 33.2 Å². The maximum atomic E-state index is 12.3. The van der Waals surface area contributed by atoms with Gasteiger partial charge in [-0.3, -0.25) is 4.57 Å². The Labute approximate surface area is 130 Å². The molecule has 0 aliphatic rings. The number of rotatable bonds is 2. The number of imidazole rings is 1. The highest BCUT2D eigenvalue weighted by Gasteiger charge is 2.13. The molecule has 0 spiro atoms. The zero-order chi connectivity index (χ0) is 15.3. The van der Waals surface area contributed by atoms with Crippen molar-refractivity contribution in [1.82, 2.24) is 19.5 Å². The van der Waals surface area contributed by atoms with Crippen LogP contribution in [-0.2, 0) is 6.54 Å². The van der Waals surface area contributed by atoms with Gasteiger partial charge in [-0.2, -0.15) is 0 Å². The fraction of sp³-hybridized carbons (Fsp3) is 0.125. The molecule has 4 rings (SSSR count). The molecule has 0 saturated heterocycles. The van der Waals surface area contributed by atoms with Gasteiger partial charge in [0.2, 0.25) is 0 Å². The number of aromatic amines is 2. The molecule has 22 heavy (non-hydrogen) atoms. The van der Waals surface area contributed by atoms with Gasteiger partial charge in [0.1, 0.15) is 5.65 Å². The predicted molar refractivity (Wildman–Crippen MR) is 87.5 cm³/mol. The smallest absolute Gasteiger partial charge is 0.326 e. The van der Waals surface area contributed by atoms with Crippen molar-refractivity contribution in [3.8, 4) is 0 Å². The molecule has 0 bridgehead atoms. The number of benzene rings is 1. The molecule has 0 aliphatic carbocycles. The highest BCUT2D eigenvalue weighted by Crippen LogP contribution is 2.22. The summed E-state index contributed by atoms with van der Waals surface area (Å²) in [6.07, 6.45) is 3.50. The van der Waals surface area contributed by atoms with Crippen LogP contribution in [0.2, 0.25) is 5.02 Å². The van der Waals surface area contributed by atoms with E-state index in [2.05, 4.69) is 15.0 Å². The molecule has 0 radical (unpaired) electrons. The minimum Gasteiger partial charge on any atom is -0.346 e. The summed E-state index contributed by atoms with van der Waals surface area (Å²) in [5, 5.41) is 1.59. The van der Waals surface area contributed by atoms with Crippen LogP contribution < -0.4 is 5.69 Å². The lowest BCUT2D eigenvalue weighted by molar-refractivity contribution is 0.784. The Balaban J connectivity index is 1.98. The Morgan fingerprint density at radius 2 is 2.18 bits per heavy atom. The van der Waals surface area contributed by atoms with Crippen molar-refractivity contribution in [2.24, 2.45) is 0 Å². The monoisotopic (exact) mass is 312 g/mol. The SMILES string of the molecule is Cc1ccc(Cl)cc1Cn1c(=O)[nH]c2cnc3[nH]ccc3c21. The molecule has 0 atom stereocenters. The number of halogens is 1. The molecule has 0 fully saturated rings. The summed E-state index contributed by atoms with van der Waals surface area (Å²) in [6, 6.07) is 7.65. The molecular formula is C16H13ClN4O. The maximum Gasteiger partial charge on any atom is 0.326 e. The van der Waals surface area contributed by atoms with E-state index in [4.69, 9.17) is 11.6 Å². The predicted octanol–water partition coefficient (Wildman–Crippen LogP) is 3.22. The van der Waals surface area contributed by atoms with Gasteiger partial charge in [0.05, 0.1) is 23.8 Å². The Morgan fingerprint density at radius 1 is 1.32 bits per heavy atom. The van der Waals surface area contributed by atoms with Crippen molar-refractivity contribution < 1.29 is 0 Å². The number of nitrogens with zero attached hydrogens (tertiary/aromatic N) is 2. The minimum absolute atomic E-state index is 0.148. The van der Waals surface area contributed by atoms with Gasteiger partial charge < -0.3 is 9.97 Å². The highest BCUT2D eigenvalue weighted by atomic mass is 35.5. The van der Waals surface area contributed by atoms with Crippen LogP contribution in [0, 0.1) is 6.92 Å². The van der Waals surface area contributed by atoms with Crippen LogP contribution in [-0.4, -0.2) is 19.5 Å². The van der Waals surface area contributed by atoms with Gasteiger partial charge in [0.15, 0.2) is 0 Å². The summed E-state index contributed by atoms with van der Waals surface area (Å²) < 4.78 is 1.73. The van der Waals surface area contributed by atoms with Crippen molar-refractivity contribution >= 4 is 33.7 Å². The number of nitrogens with one attached hydrogen (secondary N) is 2. The van der Waals surface area contributed by atoms with E-state index in [0.29, 0.717) is 11.6 Å². The second-order valence-electron chi connectivity index (χ2n) is 5.35. The number of hydrogen-bond acceptors (Lipinski definition) is 2. The van der Waals surface area contributed by atoms with E-state index < -0.39 is 0 Å². The number of aromatic nitrogens is 4. The largest absolute Gasteiger partial charge is 0.346 e. The van der Waals surface area contributed by atoms with Gasteiger partial charge >= 0.3 is 5.69 Å². The lowest BCUT2D eigenvalue weighted by atomic mass is 10.1. The van der Waals surface area contributed by atoms with Crippen LogP contribution in [0.25, 0.3) is 22.1 Å². The van der Waals surface area contributed by atoms with Gasteiger partial charge in [-0.25, -0.2) is 9.78 Å². The van der Waals surface area contributed by atoms with Gasteiger partial charge in [-0.05, 0) is 36.2 Å². The highest BCUT2D eigenvalue weighted by molar-refractivity contribution is 6.30. The minimum atomic E-state index is -0.148. The number of pyridine rings is 1. The van der Waals surface area contributed by atoms with Gasteiger partial charge in [-0.1, -0.05) is 17.7 Å². The van der Waals surface area contributed by atoms with Gasteiger partial charge in [0.25, 0.3) is 0 Å². The van der Waals surface area contributed by atoms with Crippen molar-refractivity contribution in [2.45, 2.75) is 13.5 Å². The van der Waals surface area contributed by atoms with Crippen molar-refractivity contribution in [1.29, 1.82) is 0 Å². The molecule has 5 nitrogen and oxygen atoms in total. The Morgan fingerprint density at radius 3 is 3.05 bits per heavy atom. The quantitative estimate of drug-likeness (QED) is 0.597. The fourth-order valence-corrected chi connectivity index (χ4v) is 2.99. The number of hydrogen-bond donors (Lipinski definition) is 2. The molecule has 6 heteroatoms. The van der Waals surface area contributed by atoms with Crippen LogP contribution in [0.4, 0.5) is 0 Å². The topological polar surface area (TPSA) is 66.5 Å². The van der Waals surface area contributed by atoms with Crippen LogP contribution in [0.1, 0.15) is 11.1 Å². The van der Waals surface area contributed by atoms with Crippen molar-refractivity contribution in [3.05, 3.63) is 63.3 Å². The first-order valence-corrected chi connectivity index (χ1v) is 7.31. The Bertz CT molecular complexity index is 1060. The molecule has 110 valence electrons. The van der Waals surface area contributed by atoms with E-state index in [1.165, 1.54) is 0 Å². The molecule has 2 N–H and O–H groups in total. The number of aryl methyl sites for hydroxylation is 1. The normalized spacial score (nSPS) is 11.5. The first kappa shape index (κ1) is 13.2. The van der Waals surface area contributed by atoms with E-state index in [-0.39, 0.29) is 5.69 Å². The van der Waals surface area contributed by atoms with E-state index in [1.807, 2.05) is 37.4 Å². The second kappa shape index (κ2) is 4.74. The zero-order valence-corrected chi connectivity index (χ0v) is 12.6. The summed E-state index contributed by atoms with van der Waals surface area (Å²) in [7, 11) is 0. The maximum absolute atomic E-state index is 12.3. The first-order valence-electron chi connectivity index (χ1n) is 6.93. The zero-order valence-electron chi connectivity index (χ0n) is 11.9. The van der Waals surface area contributed by atoms with E-state index >= 15 is 0 Å². The third-order valence-corrected chi connectivity index (χ3v) is 4.19. The van der Waals surface area contributed by atoms with E-state index in [1.54, 1.807) is 10.8 Å². The first-order chi connectivity index (χ1) is 10.6. The molecule has 1 aromatic carbocycles. The summed E-state index contributed by atoms with van der Waals surface area (Å²) in [6.45, 7) is 2.48. The number of fused-ring (bicyclic) bond motifs is 3. The number of H-pyrrole nitrogens is 2. The van der Waals surface area contributed by atoms with Gasteiger partial charge in [0, 0.05) is 16.6 Å². The average Bonchev–Trinajstić information content (AvgIpc) is 3.07. The standard InChI is InChI=1S/C16H13ClN4O/c1-9-2-3-11(17)6-10(9)8-21-14-12-4-5-18-15(12)19-7-13(14)20-16(21)22/h2-7H,8H2,1H3,(H,18,19)(H,20,22). The molecule has 0 unspecified atom stereocenters. The van der Waals surface area contributed by atoms with Crippen LogP contribution >= 0.6 is 11.6 Å². The second-order valence-corrected chi connectivity index (χ2v) is 5.78. The molecule has 0 amide bonds. The van der Waals surface area contributed by atoms with E-state index in [9.17, 15) is 4.79 Å². The molecule has 0 saturated carbocycles. The van der Waals surface area contributed by atoms with Gasteiger partial charge in [-0.15, -0.1) is 0 Å². The lowest BCUT2D eigenvalue weighted by Crippen LogP contribution is -2.17. The van der Waals surface area contributed by atoms with Crippen LogP contribution in [0.3, 0.4) is 0 Å². The third-order valence-electron chi connectivity index (χ3n) is 3.95. The molecular weight excluding hydrogens is 300 g/mol. The Hall–Kier alpha value is -2.53. The van der Waals surface area contributed by atoms with Crippen LogP contribution in [0.5, 0.6) is 0 Å². The summed E-state index contributed by atoms with van der Waals surface area (Å²) >= 11 is 6.08. The fourth-order valence-electron chi connectivity index (χ4n) is 2.79. The average molecular weight is 313 g/mol. The molecule has 3 aromatic heterocycles. The van der Waals surface area contributed by atoms with Crippen molar-refractivity contribution in [3.63, 3.8) is 0 Å². The summed E-state index contributed by atoms with van der Waals surface area (Å²) in [5.41, 5.74) is 4.33. The third kappa shape index (κ3) is 1.94. The summed E-state index contributed by atoms with van der Waals surface area (Å²) in [5.74, 6) is 0. The lowest BCUT2D eigenvalue weighted by Gasteiger charge is -2.08. The summed E-state index contributed by atoms with van der Waals surface area (Å²) in [4.78, 5) is 22.6. The molecule has 0 aliphatic heterocycles. The van der Waals surface area contributed by atoms with Crippen molar-refractivity contribution in [2.75, 3.05) is 0 Å².